The third kappa shape index (κ3) is 3.82. The summed E-state index contributed by atoms with van der Waals surface area (Å²) in [5, 5.41) is 12.0. The molecule has 0 atom stereocenters. The third-order valence-corrected chi connectivity index (χ3v) is 5.38. The van der Waals surface area contributed by atoms with Crippen LogP contribution in [0.15, 0.2) is 15.9 Å². The van der Waals surface area contributed by atoms with Gasteiger partial charge in [-0.15, -0.1) is 11.3 Å². The maximum atomic E-state index is 11.9. The lowest BCUT2D eigenvalue weighted by Gasteiger charge is -2.25. The first-order chi connectivity index (χ1) is 9.52. The summed E-state index contributed by atoms with van der Waals surface area (Å²) in [6.45, 7) is 0. The number of halogens is 1. The Labute approximate surface area is 130 Å². The van der Waals surface area contributed by atoms with Crippen LogP contribution in [0.5, 0.6) is 0 Å². The molecule has 1 aromatic heterocycles. The van der Waals surface area contributed by atoms with E-state index >= 15 is 0 Å². The molecule has 6 heteroatoms. The van der Waals surface area contributed by atoms with Crippen molar-refractivity contribution in [1.29, 1.82) is 0 Å². The van der Waals surface area contributed by atoms with Crippen molar-refractivity contribution in [2.24, 2.45) is 0 Å². The molecule has 4 nitrogen and oxygen atoms in total. The smallest absolute Gasteiger partial charge is 0.329 e. The Morgan fingerprint density at radius 3 is 2.60 bits per heavy atom. The summed E-state index contributed by atoms with van der Waals surface area (Å²) in [7, 11) is 0. The van der Waals surface area contributed by atoms with Gasteiger partial charge >= 0.3 is 5.97 Å². The van der Waals surface area contributed by atoms with Crippen LogP contribution in [0.3, 0.4) is 0 Å². The van der Waals surface area contributed by atoms with Gasteiger partial charge in [0.05, 0.1) is 3.79 Å². The number of hydrogen-bond donors (Lipinski definition) is 2. The van der Waals surface area contributed by atoms with E-state index in [1.807, 2.05) is 12.1 Å². The van der Waals surface area contributed by atoms with Crippen LogP contribution in [-0.4, -0.2) is 22.5 Å². The number of carbonyl (C=O) groups is 2. The van der Waals surface area contributed by atoms with Crippen LogP contribution in [0, 0.1) is 0 Å². The molecule has 1 aromatic rings. The molecule has 1 heterocycles. The second kappa shape index (κ2) is 6.72. The molecule has 1 aliphatic carbocycles. The van der Waals surface area contributed by atoms with Crippen molar-refractivity contribution in [3.05, 3.63) is 20.8 Å². The van der Waals surface area contributed by atoms with Crippen molar-refractivity contribution in [1.82, 2.24) is 5.32 Å². The average molecular weight is 360 g/mol. The van der Waals surface area contributed by atoms with Gasteiger partial charge in [-0.2, -0.15) is 0 Å². The van der Waals surface area contributed by atoms with E-state index in [4.69, 9.17) is 0 Å². The molecule has 0 aliphatic heterocycles. The van der Waals surface area contributed by atoms with Crippen LogP contribution in [0.25, 0.3) is 0 Å². The Hall–Kier alpha value is -0.880. The molecule has 1 fully saturated rings. The Morgan fingerprint density at radius 2 is 2.05 bits per heavy atom. The molecule has 2 rings (SSSR count). The van der Waals surface area contributed by atoms with Gasteiger partial charge in [-0.3, -0.25) is 4.79 Å². The number of aliphatic carboxylic acids is 1. The molecule has 0 saturated heterocycles. The van der Waals surface area contributed by atoms with Gasteiger partial charge in [0.25, 0.3) is 0 Å². The lowest BCUT2D eigenvalue weighted by molar-refractivity contribution is -0.147. The van der Waals surface area contributed by atoms with Gasteiger partial charge in [0, 0.05) is 11.3 Å². The Bertz CT molecular complexity index is 494. The van der Waals surface area contributed by atoms with E-state index in [1.165, 1.54) is 4.88 Å². The van der Waals surface area contributed by atoms with Gasteiger partial charge in [-0.05, 0) is 53.7 Å². The Morgan fingerprint density at radius 1 is 1.35 bits per heavy atom. The molecule has 0 unspecified atom stereocenters. The maximum Gasteiger partial charge on any atom is 0.329 e. The van der Waals surface area contributed by atoms with Crippen LogP contribution >= 0.6 is 27.3 Å². The molecular formula is C14H18BrNO3S. The van der Waals surface area contributed by atoms with E-state index in [9.17, 15) is 14.7 Å². The number of carboxylic acids is 1. The van der Waals surface area contributed by atoms with E-state index in [1.54, 1.807) is 11.3 Å². The minimum Gasteiger partial charge on any atom is -0.480 e. The highest BCUT2D eigenvalue weighted by molar-refractivity contribution is 9.11. The van der Waals surface area contributed by atoms with Gasteiger partial charge in [0.2, 0.25) is 5.91 Å². The number of nitrogens with one attached hydrogen (secondary N) is 1. The zero-order chi connectivity index (χ0) is 14.6. The Balaban J connectivity index is 1.78. The predicted octanol–water partition coefficient (Wildman–Crippen LogP) is 3.35. The summed E-state index contributed by atoms with van der Waals surface area (Å²) < 4.78 is 1.09. The highest BCUT2D eigenvalue weighted by atomic mass is 79.9. The third-order valence-electron chi connectivity index (χ3n) is 3.70. The fraction of sp³-hybridized carbons (Fsp3) is 0.571. The number of aryl methyl sites for hydroxylation is 1. The second-order valence-corrected chi connectivity index (χ2v) is 7.75. The van der Waals surface area contributed by atoms with Crippen molar-refractivity contribution in [2.45, 2.75) is 50.5 Å². The van der Waals surface area contributed by atoms with E-state index in [-0.39, 0.29) is 5.91 Å². The van der Waals surface area contributed by atoms with Crippen LogP contribution < -0.4 is 5.32 Å². The molecule has 2 N–H and O–H groups in total. The monoisotopic (exact) mass is 359 g/mol. The zero-order valence-electron chi connectivity index (χ0n) is 11.2. The molecule has 110 valence electrons. The summed E-state index contributed by atoms with van der Waals surface area (Å²) in [5.74, 6) is -1.05. The summed E-state index contributed by atoms with van der Waals surface area (Å²) in [5.41, 5.74) is -1.01. The topological polar surface area (TPSA) is 66.4 Å². The van der Waals surface area contributed by atoms with Crippen molar-refractivity contribution < 1.29 is 14.7 Å². The average Bonchev–Trinajstić information content (AvgIpc) is 2.99. The van der Waals surface area contributed by atoms with Gasteiger partial charge in [-0.1, -0.05) is 12.8 Å². The van der Waals surface area contributed by atoms with Crippen molar-refractivity contribution in [3.63, 3.8) is 0 Å². The molecule has 1 aliphatic rings. The largest absolute Gasteiger partial charge is 0.480 e. The van der Waals surface area contributed by atoms with Gasteiger partial charge < -0.3 is 10.4 Å². The quantitative estimate of drug-likeness (QED) is 0.818. The fourth-order valence-corrected chi connectivity index (χ4v) is 4.13. The highest BCUT2D eigenvalue weighted by Crippen LogP contribution is 2.30. The number of thiophene rings is 1. The van der Waals surface area contributed by atoms with Crippen LogP contribution in [0.2, 0.25) is 0 Å². The number of carbonyl (C=O) groups excluding carboxylic acids is 1. The molecule has 0 spiro atoms. The summed E-state index contributed by atoms with van der Waals surface area (Å²) in [6.07, 6.45) is 4.81. The van der Waals surface area contributed by atoms with Gasteiger partial charge in [0.1, 0.15) is 5.54 Å². The van der Waals surface area contributed by atoms with Crippen LogP contribution in [-0.2, 0) is 16.0 Å². The first kappa shape index (κ1) is 15.5. The van der Waals surface area contributed by atoms with E-state index < -0.39 is 11.5 Å². The summed E-state index contributed by atoms with van der Waals surface area (Å²) in [4.78, 5) is 24.5. The van der Waals surface area contributed by atoms with Gasteiger partial charge in [0.15, 0.2) is 0 Å². The van der Waals surface area contributed by atoms with Crippen molar-refractivity contribution in [3.8, 4) is 0 Å². The standard InChI is InChI=1S/C14H18BrNO3S/c15-11-7-6-10(20-11)4-3-5-12(17)16-14(13(18)19)8-1-2-9-14/h6-7H,1-5,8-9H2,(H,16,17)(H,18,19). The van der Waals surface area contributed by atoms with Crippen molar-refractivity contribution >= 4 is 39.1 Å². The molecular weight excluding hydrogens is 342 g/mol. The van der Waals surface area contributed by atoms with Crippen LogP contribution in [0.1, 0.15) is 43.4 Å². The first-order valence-corrected chi connectivity index (χ1v) is 8.41. The predicted molar refractivity (Wildman–Crippen MR) is 81.9 cm³/mol. The summed E-state index contributed by atoms with van der Waals surface area (Å²) in [6, 6.07) is 4.04. The van der Waals surface area contributed by atoms with Gasteiger partial charge in [-0.25, -0.2) is 4.79 Å². The second-order valence-electron chi connectivity index (χ2n) is 5.20. The SMILES string of the molecule is O=C(CCCc1ccc(Br)s1)NC1(C(=O)O)CCCC1. The molecule has 1 amide bonds. The molecule has 1 saturated carbocycles. The lowest BCUT2D eigenvalue weighted by Crippen LogP contribution is -2.52. The minimum atomic E-state index is -1.01. The number of amides is 1. The fourth-order valence-electron chi connectivity index (χ4n) is 2.61. The molecule has 0 bridgehead atoms. The number of rotatable bonds is 6. The normalized spacial score (nSPS) is 17.1. The first-order valence-electron chi connectivity index (χ1n) is 6.80. The Kier molecular flexibility index (Phi) is 5.21. The highest BCUT2D eigenvalue weighted by Gasteiger charge is 2.42. The van der Waals surface area contributed by atoms with Crippen LogP contribution in [0.4, 0.5) is 0 Å². The maximum absolute atomic E-state index is 11.9. The minimum absolute atomic E-state index is 0.148. The van der Waals surface area contributed by atoms with Crippen molar-refractivity contribution in [2.75, 3.05) is 0 Å². The molecule has 0 aromatic carbocycles. The van der Waals surface area contributed by atoms with E-state index in [0.717, 1.165) is 29.5 Å². The number of hydrogen-bond acceptors (Lipinski definition) is 3. The molecule has 20 heavy (non-hydrogen) atoms. The van der Waals surface area contributed by atoms with E-state index in [0.29, 0.717) is 19.3 Å². The number of carboxylic acid groups (broad SMARTS) is 1. The van der Waals surface area contributed by atoms with E-state index in [2.05, 4.69) is 21.2 Å². The summed E-state index contributed by atoms with van der Waals surface area (Å²) >= 11 is 5.08. The molecule has 0 radical (unpaired) electrons. The zero-order valence-corrected chi connectivity index (χ0v) is 13.6. The lowest BCUT2D eigenvalue weighted by atomic mass is 9.97.